The van der Waals surface area contributed by atoms with E-state index in [2.05, 4.69) is 10.6 Å². The van der Waals surface area contributed by atoms with E-state index < -0.39 is 10.8 Å². The van der Waals surface area contributed by atoms with Crippen molar-refractivity contribution >= 4 is 28.1 Å². The van der Waals surface area contributed by atoms with Crippen molar-refractivity contribution in [2.45, 2.75) is 25.8 Å². The SMILES string of the molecule is CC(=O)Nc1cccc(NC2CCS(=O)CC2)c1. The third-order valence-electron chi connectivity index (χ3n) is 2.94. The van der Waals surface area contributed by atoms with E-state index in [1.54, 1.807) is 0 Å². The monoisotopic (exact) mass is 266 g/mol. The van der Waals surface area contributed by atoms with Crippen molar-refractivity contribution in [1.29, 1.82) is 0 Å². The van der Waals surface area contributed by atoms with Crippen LogP contribution in [0.25, 0.3) is 0 Å². The highest BCUT2D eigenvalue weighted by Gasteiger charge is 2.17. The highest BCUT2D eigenvalue weighted by Crippen LogP contribution is 2.19. The molecule has 18 heavy (non-hydrogen) atoms. The van der Waals surface area contributed by atoms with Gasteiger partial charge in [-0.1, -0.05) is 6.07 Å². The second kappa shape index (κ2) is 6.00. The number of hydrogen-bond acceptors (Lipinski definition) is 3. The van der Waals surface area contributed by atoms with E-state index in [-0.39, 0.29) is 5.91 Å². The summed E-state index contributed by atoms with van der Waals surface area (Å²) in [5.74, 6) is 1.49. The van der Waals surface area contributed by atoms with E-state index in [0.29, 0.717) is 6.04 Å². The fourth-order valence-electron chi connectivity index (χ4n) is 2.06. The maximum absolute atomic E-state index is 11.3. The van der Waals surface area contributed by atoms with Crippen LogP contribution in [0.4, 0.5) is 11.4 Å². The standard InChI is InChI=1S/C13H18N2O2S/c1-10(16)14-12-3-2-4-13(9-12)15-11-5-7-18(17)8-6-11/h2-4,9,11,15H,5-8H2,1H3,(H,14,16). The first-order valence-corrected chi connectivity index (χ1v) is 7.61. The lowest BCUT2D eigenvalue weighted by Crippen LogP contribution is -2.29. The summed E-state index contributed by atoms with van der Waals surface area (Å²) >= 11 is 0. The molecule has 0 atom stereocenters. The highest BCUT2D eigenvalue weighted by molar-refractivity contribution is 7.85. The number of amides is 1. The summed E-state index contributed by atoms with van der Waals surface area (Å²) in [4.78, 5) is 11.0. The predicted molar refractivity (Wildman–Crippen MR) is 75.3 cm³/mol. The second-order valence-corrected chi connectivity index (χ2v) is 6.22. The average molecular weight is 266 g/mol. The Hall–Kier alpha value is -1.36. The molecule has 0 bridgehead atoms. The van der Waals surface area contributed by atoms with E-state index in [9.17, 15) is 9.00 Å². The molecule has 0 spiro atoms. The van der Waals surface area contributed by atoms with E-state index in [1.807, 2.05) is 24.3 Å². The number of nitrogens with one attached hydrogen (secondary N) is 2. The maximum atomic E-state index is 11.3. The Balaban J connectivity index is 1.96. The normalized spacial score (nSPS) is 23.4. The van der Waals surface area contributed by atoms with Gasteiger partial charge in [-0.15, -0.1) is 0 Å². The number of carbonyl (C=O) groups excluding carboxylic acids is 1. The first-order valence-electron chi connectivity index (χ1n) is 6.12. The van der Waals surface area contributed by atoms with Gasteiger partial charge in [-0.3, -0.25) is 9.00 Å². The van der Waals surface area contributed by atoms with E-state index in [4.69, 9.17) is 0 Å². The topological polar surface area (TPSA) is 58.2 Å². The molecule has 0 radical (unpaired) electrons. The number of hydrogen-bond donors (Lipinski definition) is 2. The van der Waals surface area contributed by atoms with Crippen molar-refractivity contribution in [3.05, 3.63) is 24.3 Å². The van der Waals surface area contributed by atoms with Crippen LogP contribution in [-0.4, -0.2) is 27.7 Å². The summed E-state index contributed by atoms with van der Waals surface area (Å²) in [5.41, 5.74) is 1.80. The molecule has 1 aromatic rings. The van der Waals surface area contributed by atoms with Crippen molar-refractivity contribution in [2.24, 2.45) is 0 Å². The van der Waals surface area contributed by atoms with Gasteiger partial charge in [0, 0.05) is 46.6 Å². The molecule has 1 heterocycles. The van der Waals surface area contributed by atoms with Crippen LogP contribution in [0.2, 0.25) is 0 Å². The van der Waals surface area contributed by atoms with Crippen LogP contribution in [0.3, 0.4) is 0 Å². The van der Waals surface area contributed by atoms with Crippen LogP contribution in [0.5, 0.6) is 0 Å². The van der Waals surface area contributed by atoms with Crippen LogP contribution in [0.1, 0.15) is 19.8 Å². The number of carbonyl (C=O) groups is 1. The molecule has 0 unspecified atom stereocenters. The van der Waals surface area contributed by atoms with Crippen LogP contribution in [-0.2, 0) is 15.6 Å². The molecule has 2 N–H and O–H groups in total. The fraction of sp³-hybridized carbons (Fsp3) is 0.462. The molecule has 0 aliphatic carbocycles. The van der Waals surface area contributed by atoms with Crippen molar-refractivity contribution < 1.29 is 9.00 Å². The first kappa shape index (κ1) is 13.1. The summed E-state index contributed by atoms with van der Waals surface area (Å²) in [6, 6.07) is 8.07. The molecule has 1 aliphatic heterocycles. The zero-order valence-electron chi connectivity index (χ0n) is 10.4. The molecule has 0 aromatic heterocycles. The van der Waals surface area contributed by atoms with Crippen molar-refractivity contribution in [1.82, 2.24) is 0 Å². The van der Waals surface area contributed by atoms with Crippen molar-refractivity contribution in [3.63, 3.8) is 0 Å². The lowest BCUT2D eigenvalue weighted by Gasteiger charge is -2.23. The van der Waals surface area contributed by atoms with Gasteiger partial charge in [0.05, 0.1) is 0 Å². The smallest absolute Gasteiger partial charge is 0.221 e. The molecule has 2 rings (SSSR count). The first-order chi connectivity index (χ1) is 8.63. The molecular weight excluding hydrogens is 248 g/mol. The van der Waals surface area contributed by atoms with Crippen LogP contribution < -0.4 is 10.6 Å². The minimum atomic E-state index is -0.628. The van der Waals surface area contributed by atoms with E-state index >= 15 is 0 Å². The van der Waals surface area contributed by atoms with Gasteiger partial charge in [0.25, 0.3) is 0 Å². The van der Waals surface area contributed by atoms with Gasteiger partial charge in [0.15, 0.2) is 0 Å². The minimum Gasteiger partial charge on any atom is -0.382 e. The summed E-state index contributed by atoms with van der Waals surface area (Å²) < 4.78 is 11.3. The highest BCUT2D eigenvalue weighted by atomic mass is 32.2. The Morgan fingerprint density at radius 2 is 1.94 bits per heavy atom. The van der Waals surface area contributed by atoms with Gasteiger partial charge in [0.1, 0.15) is 0 Å². The Kier molecular flexibility index (Phi) is 4.36. The Morgan fingerprint density at radius 3 is 2.61 bits per heavy atom. The van der Waals surface area contributed by atoms with Gasteiger partial charge in [-0.25, -0.2) is 0 Å². The fourth-order valence-corrected chi connectivity index (χ4v) is 3.36. The van der Waals surface area contributed by atoms with Crippen molar-refractivity contribution in [2.75, 3.05) is 22.1 Å². The Labute approximate surface area is 110 Å². The molecule has 1 fully saturated rings. The number of anilines is 2. The van der Waals surface area contributed by atoms with Gasteiger partial charge in [-0.2, -0.15) is 0 Å². The van der Waals surface area contributed by atoms with Crippen LogP contribution in [0.15, 0.2) is 24.3 Å². The molecule has 1 saturated heterocycles. The molecule has 98 valence electrons. The Morgan fingerprint density at radius 1 is 1.28 bits per heavy atom. The third-order valence-corrected chi connectivity index (χ3v) is 4.32. The van der Waals surface area contributed by atoms with Gasteiger partial charge in [0.2, 0.25) is 5.91 Å². The molecule has 1 aromatic carbocycles. The molecule has 5 heteroatoms. The summed E-state index contributed by atoms with van der Waals surface area (Å²) in [5, 5.41) is 6.19. The zero-order valence-corrected chi connectivity index (χ0v) is 11.3. The molecule has 4 nitrogen and oxygen atoms in total. The summed E-state index contributed by atoms with van der Waals surface area (Å²) in [7, 11) is -0.628. The molecule has 1 amide bonds. The maximum Gasteiger partial charge on any atom is 0.221 e. The van der Waals surface area contributed by atoms with Crippen LogP contribution >= 0.6 is 0 Å². The van der Waals surface area contributed by atoms with Gasteiger partial charge in [-0.05, 0) is 31.0 Å². The molecular formula is C13H18N2O2S. The van der Waals surface area contributed by atoms with Gasteiger partial charge >= 0.3 is 0 Å². The quantitative estimate of drug-likeness (QED) is 0.879. The Bertz CT molecular complexity index is 452. The largest absolute Gasteiger partial charge is 0.382 e. The second-order valence-electron chi connectivity index (χ2n) is 4.53. The lowest BCUT2D eigenvalue weighted by atomic mass is 10.1. The average Bonchev–Trinajstić information content (AvgIpc) is 2.32. The van der Waals surface area contributed by atoms with E-state index in [0.717, 1.165) is 35.7 Å². The molecule has 0 saturated carbocycles. The van der Waals surface area contributed by atoms with E-state index in [1.165, 1.54) is 6.92 Å². The minimum absolute atomic E-state index is 0.0692. The summed E-state index contributed by atoms with van der Waals surface area (Å²) in [6.07, 6.45) is 1.88. The summed E-state index contributed by atoms with van der Waals surface area (Å²) in [6.45, 7) is 1.50. The predicted octanol–water partition coefficient (Wildman–Crippen LogP) is 1.97. The van der Waals surface area contributed by atoms with Gasteiger partial charge < -0.3 is 10.6 Å². The zero-order chi connectivity index (χ0) is 13.0. The van der Waals surface area contributed by atoms with Crippen molar-refractivity contribution in [3.8, 4) is 0 Å². The van der Waals surface area contributed by atoms with Crippen LogP contribution in [0, 0.1) is 0 Å². The number of benzene rings is 1. The lowest BCUT2D eigenvalue weighted by molar-refractivity contribution is -0.114. The molecule has 1 aliphatic rings. The number of rotatable bonds is 3. The third kappa shape index (κ3) is 3.84.